The maximum absolute atomic E-state index is 12.4. The molecule has 74 valence electrons. The first-order chi connectivity index (χ1) is 6.60. The lowest BCUT2D eigenvalue weighted by Gasteiger charge is -2.07. The number of nitrogens with two attached hydrogens (primary N) is 1. The highest BCUT2D eigenvalue weighted by molar-refractivity contribution is 5.36. The normalized spacial score (nSPS) is 10.3. The van der Waals surface area contributed by atoms with Gasteiger partial charge in [-0.05, 0) is 18.6 Å². The minimum atomic E-state index is -2.66. The number of alkyl halides is 2. The molecule has 2 N–H and O–H groups in total. The number of hydrogen-bond acceptors (Lipinski definition) is 3. The average Bonchev–Trinajstić information content (AvgIpc) is 2.16. The van der Waals surface area contributed by atoms with Crippen LogP contribution in [0.3, 0.4) is 0 Å². The van der Waals surface area contributed by atoms with Gasteiger partial charge in [-0.25, -0.2) is 13.8 Å². The summed E-state index contributed by atoms with van der Waals surface area (Å²) < 4.78 is 24.8. The van der Waals surface area contributed by atoms with E-state index in [0.29, 0.717) is 11.1 Å². The number of nitriles is 1. The Morgan fingerprint density at radius 2 is 2.29 bits per heavy atom. The average molecular weight is 197 g/mol. The molecule has 5 heteroatoms. The summed E-state index contributed by atoms with van der Waals surface area (Å²) in [6.07, 6.45) is -2.66. The van der Waals surface area contributed by atoms with Crippen molar-refractivity contribution < 1.29 is 8.78 Å². The Kier molecular flexibility index (Phi) is 3.10. The Labute approximate surface area is 80.2 Å². The molecule has 0 aliphatic rings. The Hall–Kier alpha value is -1.54. The summed E-state index contributed by atoms with van der Waals surface area (Å²) in [4.78, 5) is 3.57. The van der Waals surface area contributed by atoms with Gasteiger partial charge in [-0.2, -0.15) is 5.26 Å². The molecule has 1 rings (SSSR count). The Morgan fingerprint density at radius 1 is 1.64 bits per heavy atom. The Balaban J connectivity index is 3.32. The zero-order valence-corrected chi connectivity index (χ0v) is 7.59. The maximum Gasteiger partial charge on any atom is 0.280 e. The van der Waals surface area contributed by atoms with Crippen LogP contribution in [0.25, 0.3) is 0 Å². The molecule has 0 saturated carbocycles. The van der Waals surface area contributed by atoms with Crippen molar-refractivity contribution in [2.75, 3.05) is 0 Å². The lowest BCUT2D eigenvalue weighted by molar-refractivity contribution is 0.145. The molecular weight excluding hydrogens is 188 g/mol. The molecule has 0 aromatic carbocycles. The zero-order valence-electron chi connectivity index (χ0n) is 7.59. The molecule has 0 radical (unpaired) electrons. The molecule has 0 saturated heterocycles. The van der Waals surface area contributed by atoms with E-state index in [-0.39, 0.29) is 17.9 Å². The fourth-order valence-corrected chi connectivity index (χ4v) is 1.16. The Morgan fingerprint density at radius 3 is 2.71 bits per heavy atom. The second kappa shape index (κ2) is 4.11. The van der Waals surface area contributed by atoms with E-state index in [1.54, 1.807) is 6.07 Å². The molecule has 0 atom stereocenters. The molecule has 0 fully saturated rings. The van der Waals surface area contributed by atoms with E-state index in [9.17, 15) is 8.78 Å². The SMILES string of the molecule is Cc1cc(CN)c(C#N)nc1C(F)F. The van der Waals surface area contributed by atoms with Crippen molar-refractivity contribution >= 4 is 0 Å². The van der Waals surface area contributed by atoms with Crippen LogP contribution in [0, 0.1) is 18.3 Å². The molecule has 0 aliphatic carbocycles. The highest BCUT2D eigenvalue weighted by atomic mass is 19.3. The van der Waals surface area contributed by atoms with Gasteiger partial charge in [0, 0.05) is 12.1 Å². The van der Waals surface area contributed by atoms with Crippen LogP contribution in [-0.2, 0) is 6.54 Å². The van der Waals surface area contributed by atoms with Crippen LogP contribution in [-0.4, -0.2) is 4.98 Å². The number of pyridine rings is 1. The van der Waals surface area contributed by atoms with Crippen LogP contribution >= 0.6 is 0 Å². The third-order valence-electron chi connectivity index (χ3n) is 1.86. The molecule has 0 bridgehead atoms. The Bertz CT molecular complexity index is 382. The second-order valence-corrected chi connectivity index (χ2v) is 2.81. The van der Waals surface area contributed by atoms with Gasteiger partial charge in [0.05, 0.1) is 0 Å². The van der Waals surface area contributed by atoms with E-state index in [4.69, 9.17) is 11.0 Å². The first-order valence-corrected chi connectivity index (χ1v) is 3.99. The fraction of sp³-hybridized carbons (Fsp3) is 0.333. The van der Waals surface area contributed by atoms with E-state index >= 15 is 0 Å². The zero-order chi connectivity index (χ0) is 10.7. The topological polar surface area (TPSA) is 62.7 Å². The highest BCUT2D eigenvalue weighted by Gasteiger charge is 2.15. The highest BCUT2D eigenvalue weighted by Crippen LogP contribution is 2.22. The monoisotopic (exact) mass is 197 g/mol. The van der Waals surface area contributed by atoms with Gasteiger partial charge in [0.1, 0.15) is 17.5 Å². The van der Waals surface area contributed by atoms with Gasteiger partial charge < -0.3 is 5.73 Å². The van der Waals surface area contributed by atoms with E-state index in [2.05, 4.69) is 4.98 Å². The first kappa shape index (κ1) is 10.5. The van der Waals surface area contributed by atoms with Gasteiger partial charge in [0.15, 0.2) is 0 Å². The summed E-state index contributed by atoms with van der Waals surface area (Å²) in [6.45, 7) is 1.65. The summed E-state index contributed by atoms with van der Waals surface area (Å²) in [5.41, 5.74) is 5.83. The number of halogens is 2. The van der Waals surface area contributed by atoms with Gasteiger partial charge in [-0.15, -0.1) is 0 Å². The molecule has 1 heterocycles. The predicted molar refractivity (Wildman–Crippen MR) is 46.5 cm³/mol. The van der Waals surface area contributed by atoms with Crippen LogP contribution in [0.4, 0.5) is 8.78 Å². The number of aromatic nitrogens is 1. The van der Waals surface area contributed by atoms with Crippen LogP contribution in [0.1, 0.15) is 28.9 Å². The van der Waals surface area contributed by atoms with Gasteiger partial charge >= 0.3 is 0 Å². The van der Waals surface area contributed by atoms with E-state index in [1.165, 1.54) is 13.0 Å². The van der Waals surface area contributed by atoms with Gasteiger partial charge in [0.2, 0.25) is 0 Å². The molecule has 0 unspecified atom stereocenters. The van der Waals surface area contributed by atoms with Crippen LogP contribution in [0.5, 0.6) is 0 Å². The largest absolute Gasteiger partial charge is 0.326 e. The van der Waals surface area contributed by atoms with E-state index in [0.717, 1.165) is 0 Å². The van der Waals surface area contributed by atoms with Crippen molar-refractivity contribution in [2.45, 2.75) is 19.9 Å². The molecule has 0 spiro atoms. The van der Waals surface area contributed by atoms with E-state index < -0.39 is 6.43 Å². The van der Waals surface area contributed by atoms with Crippen molar-refractivity contribution in [1.82, 2.24) is 4.98 Å². The van der Waals surface area contributed by atoms with Crippen LogP contribution in [0.2, 0.25) is 0 Å². The molecular formula is C9H9F2N3. The standard InChI is InChI=1S/C9H9F2N3/c1-5-2-6(3-12)7(4-13)14-8(5)9(10)11/h2,9H,3,12H2,1H3. The van der Waals surface area contributed by atoms with E-state index in [1.807, 2.05) is 0 Å². The summed E-state index contributed by atoms with van der Waals surface area (Å²) in [6, 6.07) is 3.22. The summed E-state index contributed by atoms with van der Waals surface area (Å²) in [7, 11) is 0. The second-order valence-electron chi connectivity index (χ2n) is 2.81. The van der Waals surface area contributed by atoms with Crippen LogP contribution in [0.15, 0.2) is 6.07 Å². The van der Waals surface area contributed by atoms with Gasteiger partial charge in [0.25, 0.3) is 6.43 Å². The van der Waals surface area contributed by atoms with Crippen molar-refractivity contribution in [3.05, 3.63) is 28.6 Å². The molecule has 1 aromatic rings. The lowest BCUT2D eigenvalue weighted by Crippen LogP contribution is -2.06. The number of rotatable bonds is 2. The smallest absolute Gasteiger partial charge is 0.280 e. The minimum Gasteiger partial charge on any atom is -0.326 e. The van der Waals surface area contributed by atoms with Crippen LogP contribution < -0.4 is 5.73 Å². The predicted octanol–water partition coefficient (Wildman–Crippen LogP) is 1.66. The molecule has 0 amide bonds. The summed E-state index contributed by atoms with van der Waals surface area (Å²) in [5.74, 6) is 0. The molecule has 0 aliphatic heterocycles. The minimum absolute atomic E-state index is 0.0200. The third kappa shape index (κ3) is 1.86. The van der Waals surface area contributed by atoms with Crippen molar-refractivity contribution in [1.29, 1.82) is 5.26 Å². The summed E-state index contributed by atoms with van der Waals surface area (Å²) >= 11 is 0. The number of aryl methyl sites for hydroxylation is 1. The first-order valence-electron chi connectivity index (χ1n) is 3.99. The van der Waals surface area contributed by atoms with Crippen molar-refractivity contribution in [2.24, 2.45) is 5.73 Å². The quantitative estimate of drug-likeness (QED) is 0.784. The summed E-state index contributed by atoms with van der Waals surface area (Å²) in [5, 5.41) is 8.63. The maximum atomic E-state index is 12.4. The van der Waals surface area contributed by atoms with Gasteiger partial charge in [-0.3, -0.25) is 0 Å². The molecule has 1 aromatic heterocycles. The fourth-order valence-electron chi connectivity index (χ4n) is 1.16. The number of nitrogens with zero attached hydrogens (tertiary/aromatic N) is 2. The van der Waals surface area contributed by atoms with Crippen molar-refractivity contribution in [3.63, 3.8) is 0 Å². The lowest BCUT2D eigenvalue weighted by atomic mass is 10.1. The number of hydrogen-bond donors (Lipinski definition) is 1. The molecule has 14 heavy (non-hydrogen) atoms. The van der Waals surface area contributed by atoms with Gasteiger partial charge in [-0.1, -0.05) is 0 Å². The van der Waals surface area contributed by atoms with Crippen molar-refractivity contribution in [3.8, 4) is 6.07 Å². The molecule has 3 nitrogen and oxygen atoms in total. The third-order valence-corrected chi connectivity index (χ3v) is 1.86.